The molecule has 2 rings (SSSR count). The quantitative estimate of drug-likeness (QED) is 0.524. The monoisotopic (exact) mass is 349 g/mol. The zero-order valence-electron chi connectivity index (χ0n) is 14.6. The Morgan fingerprint density at radius 2 is 1.45 bits per heavy atom. The van der Waals surface area contributed by atoms with Crippen LogP contribution in [-0.2, 0) is 16.3 Å². The van der Waals surface area contributed by atoms with E-state index < -0.39 is 6.49 Å². The summed E-state index contributed by atoms with van der Waals surface area (Å²) in [5.74, 6) is 0. The van der Waals surface area contributed by atoms with Crippen LogP contribution in [0.4, 0.5) is 0 Å². The maximum atomic E-state index is 8.95. The minimum absolute atomic E-state index is 0.598. The van der Waals surface area contributed by atoms with E-state index in [9.17, 15) is 0 Å². The summed E-state index contributed by atoms with van der Waals surface area (Å²) in [5.41, 5.74) is 0. The molecule has 2 fully saturated rings. The summed E-state index contributed by atoms with van der Waals surface area (Å²) in [6.07, 6.45) is 16.6. The molecule has 132 valence electrons. The fourth-order valence-electron chi connectivity index (χ4n) is 3.25. The van der Waals surface area contributed by atoms with Gasteiger partial charge in [0.1, 0.15) is 0 Å². The molecular weight excluding hydrogens is 313 g/mol. The second kappa shape index (κ2) is 12.0. The summed E-state index contributed by atoms with van der Waals surface area (Å²) in [7, 11) is 0. The lowest BCUT2D eigenvalue weighted by Gasteiger charge is -2.30. The van der Waals surface area contributed by atoms with Gasteiger partial charge in [0.2, 0.25) is 0 Å². The first-order valence-corrected chi connectivity index (χ1v) is 12.3. The van der Waals surface area contributed by atoms with Crippen LogP contribution in [0.25, 0.3) is 0 Å². The van der Waals surface area contributed by atoms with Gasteiger partial charge in [-0.1, -0.05) is 51.9 Å². The lowest BCUT2D eigenvalue weighted by Crippen LogP contribution is -2.40. The van der Waals surface area contributed by atoms with E-state index in [1.54, 1.807) is 6.66 Å². The van der Waals surface area contributed by atoms with Crippen LogP contribution in [0.2, 0.25) is 0 Å². The van der Waals surface area contributed by atoms with Gasteiger partial charge in [0, 0.05) is 18.7 Å². The molecule has 1 atom stereocenters. The van der Waals surface area contributed by atoms with Crippen molar-refractivity contribution >= 4 is 18.3 Å². The molecule has 5 heteroatoms. The SMILES string of the molecule is C1CCC(NC2CCCCC2)CC1.CCCCOP(C)(O)=S. The van der Waals surface area contributed by atoms with Crippen LogP contribution < -0.4 is 5.32 Å². The van der Waals surface area contributed by atoms with Gasteiger partial charge in [0.05, 0.1) is 6.61 Å². The molecule has 2 N–H and O–H groups in total. The van der Waals surface area contributed by atoms with Crippen molar-refractivity contribution in [2.24, 2.45) is 0 Å². The fraction of sp³-hybridized carbons (Fsp3) is 1.00. The van der Waals surface area contributed by atoms with Gasteiger partial charge < -0.3 is 14.7 Å². The van der Waals surface area contributed by atoms with E-state index in [1.807, 2.05) is 0 Å². The summed E-state index contributed by atoms with van der Waals surface area (Å²) in [6, 6.07) is 1.74. The van der Waals surface area contributed by atoms with E-state index in [-0.39, 0.29) is 0 Å². The van der Waals surface area contributed by atoms with Crippen LogP contribution in [0.1, 0.15) is 84.0 Å². The van der Waals surface area contributed by atoms with Crippen molar-refractivity contribution in [2.75, 3.05) is 13.3 Å². The zero-order chi connectivity index (χ0) is 16.3. The molecule has 2 aliphatic carbocycles. The Labute approximate surface area is 142 Å². The van der Waals surface area contributed by atoms with Crippen molar-refractivity contribution in [3.8, 4) is 0 Å². The molecule has 0 aromatic heterocycles. The largest absolute Gasteiger partial charge is 0.345 e. The van der Waals surface area contributed by atoms with Crippen LogP contribution in [0.3, 0.4) is 0 Å². The standard InChI is InChI=1S/C12H23N.C5H13O2PS/c1-3-7-11(8-4-1)13-12-9-5-2-6-10-12;1-3-4-5-7-8(2,6)9/h11-13H,1-10H2;3-5H2,1-2H3,(H,6,9). The molecule has 0 aliphatic heterocycles. The minimum Gasteiger partial charge on any atom is -0.345 e. The van der Waals surface area contributed by atoms with Crippen LogP contribution in [0.15, 0.2) is 0 Å². The fourth-order valence-corrected chi connectivity index (χ4v) is 3.94. The van der Waals surface area contributed by atoms with Crippen LogP contribution in [-0.4, -0.2) is 30.2 Å². The maximum Gasteiger partial charge on any atom is 0.183 e. The lowest BCUT2D eigenvalue weighted by molar-refractivity contribution is 0.291. The van der Waals surface area contributed by atoms with Crippen molar-refractivity contribution in [2.45, 2.75) is 96.1 Å². The topological polar surface area (TPSA) is 41.5 Å². The first kappa shape index (κ1) is 20.6. The molecule has 0 aromatic carbocycles. The van der Waals surface area contributed by atoms with E-state index in [1.165, 1.54) is 64.2 Å². The van der Waals surface area contributed by atoms with Gasteiger partial charge in [-0.2, -0.15) is 0 Å². The molecule has 3 nitrogen and oxygen atoms in total. The van der Waals surface area contributed by atoms with E-state index in [4.69, 9.17) is 9.42 Å². The average molecular weight is 350 g/mol. The van der Waals surface area contributed by atoms with Gasteiger partial charge in [-0.05, 0) is 43.9 Å². The second-order valence-corrected chi connectivity index (χ2v) is 10.7. The highest BCUT2D eigenvalue weighted by molar-refractivity contribution is 8.09. The number of rotatable bonds is 6. The Hall–Kier alpha value is 0.530. The van der Waals surface area contributed by atoms with Gasteiger partial charge in [-0.3, -0.25) is 0 Å². The summed E-state index contributed by atoms with van der Waals surface area (Å²) < 4.78 is 4.95. The molecule has 22 heavy (non-hydrogen) atoms. The van der Waals surface area contributed by atoms with Crippen molar-refractivity contribution in [3.63, 3.8) is 0 Å². The zero-order valence-corrected chi connectivity index (χ0v) is 16.3. The third-order valence-electron chi connectivity index (χ3n) is 4.51. The van der Waals surface area contributed by atoms with Crippen LogP contribution >= 0.6 is 6.49 Å². The highest BCUT2D eigenvalue weighted by atomic mass is 32.5. The van der Waals surface area contributed by atoms with E-state index in [2.05, 4.69) is 24.0 Å². The average Bonchev–Trinajstić information content (AvgIpc) is 2.49. The molecule has 0 aromatic rings. The van der Waals surface area contributed by atoms with Crippen molar-refractivity contribution in [1.82, 2.24) is 5.32 Å². The first-order chi connectivity index (χ1) is 10.5. The lowest BCUT2D eigenvalue weighted by atomic mass is 9.91. The molecule has 0 heterocycles. The normalized spacial score (nSPS) is 23.4. The molecule has 1 unspecified atom stereocenters. The smallest absolute Gasteiger partial charge is 0.183 e. The highest BCUT2D eigenvalue weighted by Crippen LogP contribution is 2.36. The first-order valence-electron chi connectivity index (χ1n) is 9.22. The van der Waals surface area contributed by atoms with Crippen molar-refractivity contribution < 1.29 is 9.42 Å². The van der Waals surface area contributed by atoms with E-state index in [0.29, 0.717) is 6.61 Å². The molecule has 0 saturated heterocycles. The summed E-state index contributed by atoms with van der Waals surface area (Å²) in [5, 5.41) is 3.86. The summed E-state index contributed by atoms with van der Waals surface area (Å²) in [4.78, 5) is 8.95. The number of unbranched alkanes of at least 4 members (excludes halogenated alkanes) is 1. The predicted molar refractivity (Wildman–Crippen MR) is 100 cm³/mol. The van der Waals surface area contributed by atoms with Gasteiger partial charge in [0.25, 0.3) is 0 Å². The van der Waals surface area contributed by atoms with Crippen LogP contribution in [0.5, 0.6) is 0 Å². The Morgan fingerprint density at radius 1 is 1.00 bits per heavy atom. The van der Waals surface area contributed by atoms with E-state index >= 15 is 0 Å². The van der Waals surface area contributed by atoms with E-state index in [0.717, 1.165) is 24.9 Å². The second-order valence-electron chi connectivity index (χ2n) is 6.83. The molecule has 0 spiro atoms. The summed E-state index contributed by atoms with van der Waals surface area (Å²) >= 11 is 4.64. The third-order valence-corrected chi connectivity index (χ3v) is 5.49. The molecule has 2 aliphatic rings. The molecular formula is C17H36NO2PS. The van der Waals surface area contributed by atoms with Gasteiger partial charge >= 0.3 is 0 Å². The highest BCUT2D eigenvalue weighted by Gasteiger charge is 2.19. The third kappa shape index (κ3) is 11.1. The van der Waals surface area contributed by atoms with Crippen molar-refractivity contribution in [1.29, 1.82) is 0 Å². The molecule has 2 saturated carbocycles. The molecule has 0 bridgehead atoms. The maximum absolute atomic E-state index is 8.95. The molecule has 0 radical (unpaired) electrons. The Morgan fingerprint density at radius 3 is 1.82 bits per heavy atom. The Bertz CT molecular complexity index is 294. The van der Waals surface area contributed by atoms with Gasteiger partial charge in [0.15, 0.2) is 6.49 Å². The van der Waals surface area contributed by atoms with Crippen molar-refractivity contribution in [3.05, 3.63) is 0 Å². The number of hydrogen-bond donors (Lipinski definition) is 2. The number of nitrogens with one attached hydrogen (secondary N) is 1. The Kier molecular flexibility index (Phi) is 11.2. The Balaban J connectivity index is 0.000000239. The molecule has 0 amide bonds. The summed E-state index contributed by atoms with van der Waals surface area (Å²) in [6.45, 7) is 1.87. The van der Waals surface area contributed by atoms with Gasteiger partial charge in [-0.25, -0.2) is 0 Å². The predicted octanol–water partition coefficient (Wildman–Crippen LogP) is 4.98. The van der Waals surface area contributed by atoms with Gasteiger partial charge in [-0.15, -0.1) is 0 Å². The minimum atomic E-state index is -2.36. The van der Waals surface area contributed by atoms with Crippen LogP contribution in [0, 0.1) is 0 Å². The number of hydrogen-bond acceptors (Lipinski definition) is 3.